The summed E-state index contributed by atoms with van der Waals surface area (Å²) >= 11 is 0. The lowest BCUT2D eigenvalue weighted by atomic mass is 9.83. The minimum atomic E-state index is -0.780. The first-order valence-corrected chi connectivity index (χ1v) is 11.7. The molecule has 1 unspecified atom stereocenters. The second kappa shape index (κ2) is 13.0. The Kier molecular flexibility index (Phi) is 11.3. The minimum absolute atomic E-state index is 0. The van der Waals surface area contributed by atoms with E-state index in [2.05, 4.69) is 5.32 Å². The summed E-state index contributed by atoms with van der Waals surface area (Å²) in [5, 5.41) is 11.8. The lowest BCUT2D eigenvalue weighted by Gasteiger charge is -2.33. The Bertz CT molecular complexity index is 958. The zero-order chi connectivity index (χ0) is 26.5. The van der Waals surface area contributed by atoms with Crippen LogP contribution in [-0.2, 0) is 30.6 Å². The molecule has 0 aliphatic carbocycles. The van der Waals surface area contributed by atoms with Gasteiger partial charge in [-0.05, 0) is 42.4 Å². The van der Waals surface area contributed by atoms with Crippen LogP contribution in [0, 0.1) is 17.3 Å². The van der Waals surface area contributed by atoms with Crippen molar-refractivity contribution in [2.75, 3.05) is 18.6 Å². The number of ether oxygens (including phenoxy) is 1. The maximum Gasteiger partial charge on any atom is 0.299 e. The summed E-state index contributed by atoms with van der Waals surface area (Å²) in [7, 11) is 1.54. The molecule has 2 amide bonds. The van der Waals surface area contributed by atoms with Gasteiger partial charge in [0.2, 0.25) is 5.91 Å². The molecule has 1 aliphatic heterocycles. The Labute approximate surface area is 212 Å². The van der Waals surface area contributed by atoms with Gasteiger partial charge in [-0.25, -0.2) is 0 Å². The average Bonchev–Trinajstić information content (AvgIpc) is 2.98. The minimum Gasteiger partial charge on any atom is -0.370 e. The van der Waals surface area contributed by atoms with Crippen LogP contribution >= 0.6 is 0 Å². The van der Waals surface area contributed by atoms with Gasteiger partial charge < -0.3 is 21.1 Å². The van der Waals surface area contributed by atoms with Gasteiger partial charge >= 0.3 is 0 Å². The summed E-state index contributed by atoms with van der Waals surface area (Å²) < 4.78 is 6.06. The van der Waals surface area contributed by atoms with Crippen molar-refractivity contribution in [3.05, 3.63) is 29.3 Å². The Morgan fingerprint density at radius 1 is 1.17 bits per heavy atom. The van der Waals surface area contributed by atoms with Crippen molar-refractivity contribution in [3.8, 4) is 0 Å². The van der Waals surface area contributed by atoms with E-state index in [1.165, 1.54) is 11.8 Å². The highest BCUT2D eigenvalue weighted by Gasteiger charge is 2.37. The molecule has 0 saturated heterocycles. The molecule has 11 heteroatoms. The van der Waals surface area contributed by atoms with E-state index in [-0.39, 0.29) is 37.0 Å². The monoisotopic (exact) mass is 508 g/mol. The summed E-state index contributed by atoms with van der Waals surface area (Å²) in [6.45, 7) is 10.9. The lowest BCUT2D eigenvalue weighted by Crippen LogP contribution is -2.52. The molecule has 202 valence electrons. The Hall–Kier alpha value is -2.70. The van der Waals surface area contributed by atoms with Gasteiger partial charge in [0.05, 0.1) is 42.5 Å². The number of nitrogens with zero attached hydrogens (tertiary/aromatic N) is 1. The summed E-state index contributed by atoms with van der Waals surface area (Å²) in [6.07, 6.45) is -0.333. The predicted octanol–water partition coefficient (Wildman–Crippen LogP) is 2.59. The average molecular weight is 509 g/mol. The van der Waals surface area contributed by atoms with Crippen LogP contribution in [0.4, 0.5) is 5.69 Å². The number of carbonyl (C=O) groups is 4. The van der Waals surface area contributed by atoms with Gasteiger partial charge in [-0.2, -0.15) is 0 Å². The number of rotatable bonds is 12. The van der Waals surface area contributed by atoms with Crippen molar-refractivity contribution in [2.24, 2.45) is 17.3 Å². The van der Waals surface area contributed by atoms with Crippen molar-refractivity contribution in [1.82, 2.24) is 17.1 Å². The van der Waals surface area contributed by atoms with Gasteiger partial charge in [0.1, 0.15) is 0 Å². The SMILES string of the molecule is CC(=O)[C@@H](NC(=O)[C@H](CC(C)C)C(CONO)OCc1ccc2c(c1)C(=O)C(=O)N2C)C(C)(C)C.N. The number of hydrogen-bond donors (Lipinski definition) is 4. The van der Waals surface area contributed by atoms with Crippen LogP contribution in [0.1, 0.15) is 63.9 Å². The highest BCUT2D eigenvalue weighted by molar-refractivity contribution is 6.52. The predicted molar refractivity (Wildman–Crippen MR) is 134 cm³/mol. The maximum absolute atomic E-state index is 13.4. The third kappa shape index (κ3) is 7.65. The van der Waals surface area contributed by atoms with E-state index in [0.717, 1.165) is 0 Å². The number of ketones is 2. The molecule has 0 fully saturated rings. The number of hydrogen-bond acceptors (Lipinski definition) is 9. The largest absolute Gasteiger partial charge is 0.370 e. The third-order valence-corrected chi connectivity index (χ3v) is 6.01. The number of Topliss-reactive ketones (excluding diaryl/α,β-unsaturated/α-hetero) is 2. The van der Waals surface area contributed by atoms with E-state index in [4.69, 9.17) is 14.8 Å². The molecule has 3 atom stereocenters. The fraction of sp³-hybridized carbons (Fsp3) is 0.600. The Morgan fingerprint density at radius 2 is 1.81 bits per heavy atom. The van der Waals surface area contributed by atoms with Crippen molar-refractivity contribution in [2.45, 2.75) is 66.7 Å². The van der Waals surface area contributed by atoms with E-state index < -0.39 is 35.2 Å². The summed E-state index contributed by atoms with van der Waals surface area (Å²) in [6, 6.07) is 4.34. The van der Waals surface area contributed by atoms with Gasteiger partial charge in [0.15, 0.2) is 5.78 Å². The standard InChI is InChI=1S/C25H37N3O7.H3N/c1-14(2)10-18(23(31)26-22(15(3)29)25(4,5)6)20(13-35-27-33)34-12-16-8-9-19-17(11-16)21(30)24(32)28(19)7;/h8-9,11,14,18,20,22,27,33H,10,12-13H2,1-7H3,(H,26,31);1H3/t18-,20?,22-;/m1./s1. The van der Waals surface area contributed by atoms with Crippen LogP contribution in [-0.4, -0.2) is 54.4 Å². The second-order valence-electron chi connectivity index (χ2n) is 10.5. The molecule has 0 radical (unpaired) electrons. The molecule has 0 spiro atoms. The highest BCUT2D eigenvalue weighted by atomic mass is 16.8. The first-order valence-electron chi connectivity index (χ1n) is 11.7. The van der Waals surface area contributed by atoms with E-state index in [1.54, 1.807) is 30.9 Å². The van der Waals surface area contributed by atoms with E-state index in [9.17, 15) is 19.2 Å². The number of benzene rings is 1. The zero-order valence-electron chi connectivity index (χ0n) is 22.2. The molecule has 1 aliphatic rings. The molecule has 0 aromatic heterocycles. The highest BCUT2D eigenvalue weighted by Crippen LogP contribution is 2.29. The second-order valence-corrected chi connectivity index (χ2v) is 10.5. The summed E-state index contributed by atoms with van der Waals surface area (Å²) in [5.74, 6) is -2.23. The van der Waals surface area contributed by atoms with E-state index in [0.29, 0.717) is 23.2 Å². The molecule has 36 heavy (non-hydrogen) atoms. The van der Waals surface area contributed by atoms with Crippen LogP contribution in [0.5, 0.6) is 0 Å². The van der Waals surface area contributed by atoms with Crippen LogP contribution in [0.3, 0.4) is 0 Å². The van der Waals surface area contributed by atoms with Crippen molar-refractivity contribution < 1.29 is 34.0 Å². The smallest absolute Gasteiger partial charge is 0.299 e. The van der Waals surface area contributed by atoms with Gasteiger partial charge in [-0.1, -0.05) is 46.3 Å². The summed E-state index contributed by atoms with van der Waals surface area (Å²) in [5.41, 5.74) is 2.61. The fourth-order valence-electron chi connectivity index (χ4n) is 4.24. The van der Waals surface area contributed by atoms with Crippen molar-refractivity contribution in [3.63, 3.8) is 0 Å². The van der Waals surface area contributed by atoms with E-state index in [1.807, 2.05) is 34.6 Å². The number of carbonyl (C=O) groups excluding carboxylic acids is 4. The zero-order valence-corrected chi connectivity index (χ0v) is 22.2. The van der Waals surface area contributed by atoms with Gasteiger partial charge in [-0.3, -0.25) is 29.2 Å². The molecule has 6 N–H and O–H groups in total. The molecular formula is C25H40N4O7. The lowest BCUT2D eigenvalue weighted by molar-refractivity contribution is -0.170. The first-order chi connectivity index (χ1) is 16.3. The van der Waals surface area contributed by atoms with Crippen molar-refractivity contribution >= 4 is 29.1 Å². The quantitative estimate of drug-likeness (QED) is 0.245. The first kappa shape index (κ1) is 31.3. The topological polar surface area (TPSA) is 169 Å². The molecule has 11 nitrogen and oxygen atoms in total. The van der Waals surface area contributed by atoms with Gasteiger partial charge in [0, 0.05) is 7.05 Å². The number of fused-ring (bicyclic) bond motifs is 1. The van der Waals surface area contributed by atoms with Crippen LogP contribution in [0.15, 0.2) is 18.2 Å². The van der Waals surface area contributed by atoms with Gasteiger partial charge in [0.25, 0.3) is 11.7 Å². The van der Waals surface area contributed by atoms with Crippen LogP contribution < -0.4 is 22.0 Å². The van der Waals surface area contributed by atoms with E-state index >= 15 is 0 Å². The van der Waals surface area contributed by atoms with Crippen LogP contribution in [0.25, 0.3) is 0 Å². The Morgan fingerprint density at radius 3 is 2.33 bits per heavy atom. The molecule has 0 saturated carbocycles. The number of anilines is 1. The number of amides is 2. The molecule has 1 aromatic carbocycles. The fourth-order valence-corrected chi connectivity index (χ4v) is 4.24. The number of likely N-dealkylation sites (N-methyl/N-ethyl adjacent to an activating group) is 1. The summed E-state index contributed by atoms with van der Waals surface area (Å²) in [4.78, 5) is 56.0. The Balaban J connectivity index is 0.00000648. The molecular weight excluding hydrogens is 468 g/mol. The number of nitrogens with one attached hydrogen (secondary N) is 2. The molecule has 0 bridgehead atoms. The molecule has 1 aromatic rings. The maximum atomic E-state index is 13.4. The van der Waals surface area contributed by atoms with Gasteiger partial charge in [-0.15, -0.1) is 0 Å². The molecule has 1 heterocycles. The third-order valence-electron chi connectivity index (χ3n) is 6.01. The molecule has 2 rings (SSSR count). The normalized spacial score (nSPS) is 15.9. The van der Waals surface area contributed by atoms with Crippen LogP contribution in [0.2, 0.25) is 0 Å². The van der Waals surface area contributed by atoms with Crippen molar-refractivity contribution in [1.29, 1.82) is 0 Å².